The van der Waals surface area contributed by atoms with E-state index >= 15 is 0 Å². The number of sulfonamides is 1. The summed E-state index contributed by atoms with van der Waals surface area (Å²) in [7, 11) is -4.00. The topological polar surface area (TPSA) is 83.6 Å². The summed E-state index contributed by atoms with van der Waals surface area (Å²) in [5, 5.41) is 2.90. The molecule has 154 valence electrons. The Morgan fingerprint density at radius 1 is 0.966 bits per heavy atom. The lowest BCUT2D eigenvalue weighted by atomic mass is 9.93. The molecule has 0 spiro atoms. The highest BCUT2D eigenvalue weighted by Gasteiger charge is 2.42. The van der Waals surface area contributed by atoms with Crippen LogP contribution < -0.4 is 5.32 Å². The zero-order valence-electron chi connectivity index (χ0n) is 17.0. The standard InChI is InChI=1S/C22H26N2O4S/c1-14(2)16-9-11-17(12-10-16)21(15(3)4)23-20(25)13-24-22(26)18-7-5-6-8-19(18)29(24,27)28/h5-12,14-15,21H,13H2,1-4H3,(H,23,25). The zero-order chi connectivity index (χ0) is 21.3. The average molecular weight is 415 g/mol. The van der Waals surface area contributed by atoms with Crippen molar-refractivity contribution in [3.05, 3.63) is 65.2 Å². The van der Waals surface area contributed by atoms with Gasteiger partial charge in [-0.3, -0.25) is 9.59 Å². The van der Waals surface area contributed by atoms with Crippen molar-refractivity contribution in [2.24, 2.45) is 5.92 Å². The number of nitrogens with zero attached hydrogens (tertiary/aromatic N) is 1. The fourth-order valence-corrected chi connectivity index (χ4v) is 4.99. The van der Waals surface area contributed by atoms with Gasteiger partial charge in [-0.25, -0.2) is 12.7 Å². The van der Waals surface area contributed by atoms with Gasteiger partial charge in [0.1, 0.15) is 11.4 Å². The Morgan fingerprint density at radius 3 is 2.10 bits per heavy atom. The number of benzene rings is 2. The number of carbonyl (C=O) groups excluding carboxylic acids is 2. The molecule has 2 aromatic carbocycles. The SMILES string of the molecule is CC(C)c1ccc(C(NC(=O)CN2C(=O)c3ccccc3S2(=O)=O)C(C)C)cc1. The van der Waals surface area contributed by atoms with E-state index in [2.05, 4.69) is 19.2 Å². The van der Waals surface area contributed by atoms with E-state index in [1.54, 1.807) is 12.1 Å². The highest BCUT2D eigenvalue weighted by atomic mass is 32.2. The lowest BCUT2D eigenvalue weighted by molar-refractivity contribution is -0.122. The van der Waals surface area contributed by atoms with Crippen LogP contribution in [0.5, 0.6) is 0 Å². The maximum Gasteiger partial charge on any atom is 0.269 e. The van der Waals surface area contributed by atoms with Crippen molar-refractivity contribution < 1.29 is 18.0 Å². The van der Waals surface area contributed by atoms with Crippen LogP contribution in [-0.2, 0) is 14.8 Å². The van der Waals surface area contributed by atoms with Crippen LogP contribution in [-0.4, -0.2) is 31.1 Å². The first-order chi connectivity index (χ1) is 13.6. The zero-order valence-corrected chi connectivity index (χ0v) is 17.9. The average Bonchev–Trinajstić information content (AvgIpc) is 2.87. The van der Waals surface area contributed by atoms with Crippen LogP contribution in [0, 0.1) is 5.92 Å². The fraction of sp³-hybridized carbons (Fsp3) is 0.364. The van der Waals surface area contributed by atoms with E-state index in [0.717, 1.165) is 5.56 Å². The molecule has 1 aliphatic rings. The molecule has 0 radical (unpaired) electrons. The number of amides is 2. The predicted octanol–water partition coefficient (Wildman–Crippen LogP) is 3.47. The molecule has 0 aromatic heterocycles. The van der Waals surface area contributed by atoms with Crippen molar-refractivity contribution >= 4 is 21.8 Å². The summed E-state index contributed by atoms with van der Waals surface area (Å²) in [6.07, 6.45) is 0. The Morgan fingerprint density at radius 2 is 1.55 bits per heavy atom. The predicted molar refractivity (Wildman–Crippen MR) is 111 cm³/mol. The van der Waals surface area contributed by atoms with Gasteiger partial charge in [0.25, 0.3) is 15.9 Å². The molecule has 0 bridgehead atoms. The number of carbonyl (C=O) groups is 2. The number of rotatable bonds is 6. The molecule has 29 heavy (non-hydrogen) atoms. The van der Waals surface area contributed by atoms with Crippen molar-refractivity contribution in [3.8, 4) is 0 Å². The number of nitrogens with one attached hydrogen (secondary N) is 1. The first-order valence-corrected chi connectivity index (χ1v) is 11.1. The summed E-state index contributed by atoms with van der Waals surface area (Å²) in [5.74, 6) is -0.685. The van der Waals surface area contributed by atoms with E-state index in [4.69, 9.17) is 0 Å². The van der Waals surface area contributed by atoms with Gasteiger partial charge in [0.05, 0.1) is 11.6 Å². The lowest BCUT2D eigenvalue weighted by Gasteiger charge is -2.24. The molecule has 1 atom stereocenters. The van der Waals surface area contributed by atoms with Gasteiger partial charge in [-0.15, -0.1) is 0 Å². The van der Waals surface area contributed by atoms with Crippen LogP contribution in [0.2, 0.25) is 0 Å². The molecule has 2 amide bonds. The minimum Gasteiger partial charge on any atom is -0.347 e. The van der Waals surface area contributed by atoms with Crippen LogP contribution >= 0.6 is 0 Å². The van der Waals surface area contributed by atoms with Crippen molar-refractivity contribution in [1.82, 2.24) is 9.62 Å². The third-order valence-electron chi connectivity index (χ3n) is 5.14. The van der Waals surface area contributed by atoms with E-state index in [-0.39, 0.29) is 22.4 Å². The van der Waals surface area contributed by atoms with Crippen LogP contribution in [0.25, 0.3) is 0 Å². The molecule has 6 nitrogen and oxygen atoms in total. The number of hydrogen-bond donors (Lipinski definition) is 1. The summed E-state index contributed by atoms with van der Waals surface area (Å²) in [5.41, 5.74) is 2.25. The fourth-order valence-electron chi connectivity index (χ4n) is 3.46. The largest absolute Gasteiger partial charge is 0.347 e. The molecule has 0 fully saturated rings. The molecule has 1 aliphatic heterocycles. The second kappa shape index (κ2) is 7.99. The second-order valence-electron chi connectivity index (χ2n) is 7.92. The highest BCUT2D eigenvalue weighted by Crippen LogP contribution is 2.30. The molecule has 7 heteroatoms. The molecular weight excluding hydrogens is 388 g/mol. The van der Waals surface area contributed by atoms with Gasteiger partial charge in [-0.05, 0) is 35.1 Å². The molecule has 1 N–H and O–H groups in total. The van der Waals surface area contributed by atoms with E-state index in [0.29, 0.717) is 10.2 Å². The summed E-state index contributed by atoms with van der Waals surface area (Å²) >= 11 is 0. The van der Waals surface area contributed by atoms with E-state index in [1.165, 1.54) is 17.7 Å². The maximum atomic E-state index is 12.7. The van der Waals surface area contributed by atoms with Crippen LogP contribution in [0.3, 0.4) is 0 Å². The Hall–Kier alpha value is -2.67. The number of hydrogen-bond acceptors (Lipinski definition) is 4. The van der Waals surface area contributed by atoms with Crippen molar-refractivity contribution in [1.29, 1.82) is 0 Å². The molecule has 1 heterocycles. The van der Waals surface area contributed by atoms with Gasteiger partial charge in [-0.1, -0.05) is 64.1 Å². The molecule has 0 aliphatic carbocycles. The third kappa shape index (κ3) is 4.05. The number of fused-ring (bicyclic) bond motifs is 1. The first-order valence-electron chi connectivity index (χ1n) is 9.68. The molecule has 0 saturated carbocycles. The van der Waals surface area contributed by atoms with Crippen molar-refractivity contribution in [3.63, 3.8) is 0 Å². The molecule has 0 saturated heterocycles. The van der Waals surface area contributed by atoms with Gasteiger partial charge in [-0.2, -0.15) is 0 Å². The highest BCUT2D eigenvalue weighted by molar-refractivity contribution is 7.90. The van der Waals surface area contributed by atoms with Crippen molar-refractivity contribution in [2.75, 3.05) is 6.54 Å². The second-order valence-corrected chi connectivity index (χ2v) is 9.75. The maximum absolute atomic E-state index is 12.7. The van der Waals surface area contributed by atoms with Gasteiger partial charge >= 0.3 is 0 Å². The van der Waals surface area contributed by atoms with Crippen LogP contribution in [0.1, 0.15) is 61.1 Å². The van der Waals surface area contributed by atoms with Gasteiger partial charge < -0.3 is 5.32 Å². The van der Waals surface area contributed by atoms with Crippen LogP contribution in [0.15, 0.2) is 53.4 Å². The monoisotopic (exact) mass is 414 g/mol. The molecular formula is C22H26N2O4S. The minimum atomic E-state index is -4.00. The molecule has 1 unspecified atom stereocenters. The molecule has 2 aromatic rings. The smallest absolute Gasteiger partial charge is 0.269 e. The van der Waals surface area contributed by atoms with E-state index < -0.39 is 28.4 Å². The van der Waals surface area contributed by atoms with Gasteiger partial charge in [0.2, 0.25) is 5.91 Å². The van der Waals surface area contributed by atoms with Gasteiger partial charge in [0, 0.05) is 0 Å². The van der Waals surface area contributed by atoms with Crippen LogP contribution in [0.4, 0.5) is 0 Å². The van der Waals surface area contributed by atoms with E-state index in [9.17, 15) is 18.0 Å². The Labute approximate surface area is 172 Å². The Bertz CT molecular complexity index is 1030. The normalized spacial score (nSPS) is 16.2. The minimum absolute atomic E-state index is 0.0533. The molecule has 3 rings (SSSR count). The lowest BCUT2D eigenvalue weighted by Crippen LogP contribution is -2.42. The summed E-state index contributed by atoms with van der Waals surface area (Å²) < 4.78 is 25.9. The first kappa shape index (κ1) is 21.0. The summed E-state index contributed by atoms with van der Waals surface area (Å²) in [4.78, 5) is 25.1. The summed E-state index contributed by atoms with van der Waals surface area (Å²) in [6.45, 7) is 7.65. The van der Waals surface area contributed by atoms with E-state index in [1.807, 2.05) is 38.1 Å². The summed E-state index contributed by atoms with van der Waals surface area (Å²) in [6, 6.07) is 13.7. The third-order valence-corrected chi connectivity index (χ3v) is 6.93. The Kier molecular flexibility index (Phi) is 5.80. The van der Waals surface area contributed by atoms with Crippen molar-refractivity contribution in [2.45, 2.75) is 44.6 Å². The quantitative estimate of drug-likeness (QED) is 0.785. The Balaban J connectivity index is 1.77. The van der Waals surface area contributed by atoms with Gasteiger partial charge in [0.15, 0.2) is 0 Å².